The van der Waals surface area contributed by atoms with Gasteiger partial charge in [0.2, 0.25) is 0 Å². The molecule has 1 amide bonds. The summed E-state index contributed by atoms with van der Waals surface area (Å²) in [5, 5.41) is 6.74. The Morgan fingerprint density at radius 2 is 1.96 bits per heavy atom. The molecule has 1 atom stereocenters. The van der Waals surface area contributed by atoms with Crippen molar-refractivity contribution in [1.82, 2.24) is 10.6 Å². The molecule has 2 saturated carbocycles. The minimum Gasteiger partial charge on any atom is -0.445 e. The molecule has 0 radical (unpaired) electrons. The number of ether oxygens (including phenoxy) is 1. The molecule has 1 aromatic rings. The summed E-state index contributed by atoms with van der Waals surface area (Å²) in [7, 11) is 0. The summed E-state index contributed by atoms with van der Waals surface area (Å²) >= 11 is 0. The number of hydrogen-bond donors (Lipinski definition) is 2. The van der Waals surface area contributed by atoms with Gasteiger partial charge in [-0.05, 0) is 36.7 Å². The first kappa shape index (κ1) is 16.3. The fourth-order valence-electron chi connectivity index (χ4n) is 3.72. The van der Waals surface area contributed by atoms with E-state index in [-0.39, 0.29) is 12.1 Å². The molecule has 0 bridgehead atoms. The van der Waals surface area contributed by atoms with Crippen LogP contribution < -0.4 is 10.6 Å². The molecule has 1 unspecified atom stereocenters. The van der Waals surface area contributed by atoms with Crippen molar-refractivity contribution >= 4 is 6.09 Å². The summed E-state index contributed by atoms with van der Waals surface area (Å²) < 4.78 is 5.27. The normalized spacial score (nSPS) is 28.9. The van der Waals surface area contributed by atoms with Crippen molar-refractivity contribution in [3.8, 4) is 0 Å². The molecule has 1 aromatic carbocycles. The number of rotatable bonds is 5. The van der Waals surface area contributed by atoms with Crippen molar-refractivity contribution in [3.63, 3.8) is 0 Å². The van der Waals surface area contributed by atoms with E-state index in [2.05, 4.69) is 24.5 Å². The van der Waals surface area contributed by atoms with E-state index in [1.807, 2.05) is 30.3 Å². The van der Waals surface area contributed by atoms with Crippen molar-refractivity contribution in [1.29, 1.82) is 0 Å². The second kappa shape index (κ2) is 6.91. The predicted molar refractivity (Wildman–Crippen MR) is 91.1 cm³/mol. The van der Waals surface area contributed by atoms with Crippen molar-refractivity contribution in [3.05, 3.63) is 35.9 Å². The van der Waals surface area contributed by atoms with E-state index in [0.29, 0.717) is 24.1 Å². The Bertz CT molecular complexity index is 523. The van der Waals surface area contributed by atoms with Crippen molar-refractivity contribution in [2.45, 2.75) is 70.7 Å². The number of nitrogens with one attached hydrogen (secondary N) is 2. The van der Waals surface area contributed by atoms with E-state index >= 15 is 0 Å². The summed E-state index contributed by atoms with van der Waals surface area (Å²) in [6.07, 6.45) is 5.62. The van der Waals surface area contributed by atoms with Gasteiger partial charge < -0.3 is 15.4 Å². The molecule has 2 aliphatic rings. The lowest BCUT2D eigenvalue weighted by Gasteiger charge is -2.40. The van der Waals surface area contributed by atoms with Crippen LogP contribution in [0, 0.1) is 5.41 Å². The highest BCUT2D eigenvalue weighted by Crippen LogP contribution is 2.38. The molecule has 0 spiro atoms. The lowest BCUT2D eigenvalue weighted by molar-refractivity contribution is 0.121. The highest BCUT2D eigenvalue weighted by atomic mass is 16.5. The highest BCUT2D eigenvalue weighted by molar-refractivity contribution is 5.67. The van der Waals surface area contributed by atoms with Crippen molar-refractivity contribution < 1.29 is 9.53 Å². The quantitative estimate of drug-likeness (QED) is 0.872. The standard InChI is InChI=1S/C19H28N2O2/c1-19(2)10-6-9-17(19)20-15-11-16(12-15)21-18(22)23-13-14-7-4-3-5-8-14/h3-5,7-8,15-17,20H,6,9-13H2,1-2H3,(H,21,22). The molecule has 4 heteroatoms. The Labute approximate surface area is 139 Å². The number of carbonyl (C=O) groups is 1. The molecular weight excluding hydrogens is 288 g/mol. The maximum atomic E-state index is 11.8. The van der Waals surface area contributed by atoms with Crippen LogP contribution in [0.2, 0.25) is 0 Å². The molecule has 0 saturated heterocycles. The van der Waals surface area contributed by atoms with Crippen LogP contribution >= 0.6 is 0 Å². The summed E-state index contributed by atoms with van der Waals surface area (Å²) in [6, 6.07) is 11.2. The highest BCUT2D eigenvalue weighted by Gasteiger charge is 2.39. The Hall–Kier alpha value is -1.55. The summed E-state index contributed by atoms with van der Waals surface area (Å²) in [5.74, 6) is 0. The summed E-state index contributed by atoms with van der Waals surface area (Å²) in [6.45, 7) is 5.04. The number of benzene rings is 1. The van der Waals surface area contributed by atoms with E-state index in [0.717, 1.165) is 18.4 Å². The summed E-state index contributed by atoms with van der Waals surface area (Å²) in [4.78, 5) is 11.8. The lowest BCUT2D eigenvalue weighted by Crippen LogP contribution is -2.56. The topological polar surface area (TPSA) is 50.4 Å². The van der Waals surface area contributed by atoms with Crippen molar-refractivity contribution in [2.75, 3.05) is 0 Å². The summed E-state index contributed by atoms with van der Waals surface area (Å²) in [5.41, 5.74) is 1.42. The Kier molecular flexibility index (Phi) is 4.90. The zero-order valence-electron chi connectivity index (χ0n) is 14.2. The average molecular weight is 316 g/mol. The van der Waals surface area contributed by atoms with Gasteiger partial charge in [-0.2, -0.15) is 0 Å². The average Bonchev–Trinajstić information content (AvgIpc) is 2.83. The van der Waals surface area contributed by atoms with E-state index in [9.17, 15) is 4.79 Å². The maximum Gasteiger partial charge on any atom is 0.407 e. The van der Waals surface area contributed by atoms with Gasteiger partial charge in [-0.25, -0.2) is 4.79 Å². The Morgan fingerprint density at radius 1 is 1.22 bits per heavy atom. The molecule has 2 N–H and O–H groups in total. The number of hydrogen-bond acceptors (Lipinski definition) is 3. The molecule has 2 fully saturated rings. The first-order chi connectivity index (χ1) is 11.0. The van der Waals surface area contributed by atoms with Crippen LogP contribution in [-0.4, -0.2) is 24.2 Å². The fourth-order valence-corrected chi connectivity index (χ4v) is 3.72. The predicted octanol–water partition coefficient (Wildman–Crippen LogP) is 3.61. The molecular formula is C19H28N2O2. The fraction of sp³-hybridized carbons (Fsp3) is 0.632. The molecule has 0 aromatic heterocycles. The van der Waals surface area contributed by atoms with Crippen molar-refractivity contribution in [2.24, 2.45) is 5.41 Å². The molecule has 0 heterocycles. The zero-order valence-corrected chi connectivity index (χ0v) is 14.2. The van der Waals surface area contributed by atoms with Gasteiger partial charge in [0.25, 0.3) is 0 Å². The first-order valence-electron chi connectivity index (χ1n) is 8.76. The SMILES string of the molecule is CC1(C)CCCC1NC1CC(NC(=O)OCc2ccccc2)C1. The van der Waals surface area contributed by atoms with Crippen LogP contribution in [0.1, 0.15) is 51.5 Å². The molecule has 126 valence electrons. The second-order valence-electron chi connectivity index (χ2n) is 7.67. The van der Waals surface area contributed by atoms with Crippen LogP contribution in [0.3, 0.4) is 0 Å². The minimum absolute atomic E-state index is 0.250. The number of alkyl carbamates (subject to hydrolysis) is 1. The van der Waals surface area contributed by atoms with Crippen LogP contribution in [0.15, 0.2) is 30.3 Å². The Morgan fingerprint density at radius 3 is 2.61 bits per heavy atom. The first-order valence-corrected chi connectivity index (χ1v) is 8.76. The molecule has 23 heavy (non-hydrogen) atoms. The lowest BCUT2D eigenvalue weighted by atomic mass is 9.82. The molecule has 3 rings (SSSR count). The zero-order chi connectivity index (χ0) is 16.3. The third-order valence-corrected chi connectivity index (χ3v) is 5.37. The molecule has 4 nitrogen and oxygen atoms in total. The van der Waals surface area contributed by atoms with Crippen LogP contribution in [0.5, 0.6) is 0 Å². The van der Waals surface area contributed by atoms with Crippen LogP contribution in [0.25, 0.3) is 0 Å². The molecule has 2 aliphatic carbocycles. The van der Waals surface area contributed by atoms with Gasteiger partial charge in [-0.1, -0.05) is 50.6 Å². The Balaban J connectivity index is 1.33. The number of amides is 1. The van der Waals surface area contributed by atoms with Gasteiger partial charge in [-0.15, -0.1) is 0 Å². The van der Waals surface area contributed by atoms with Gasteiger partial charge in [0.1, 0.15) is 6.61 Å². The van der Waals surface area contributed by atoms with Gasteiger partial charge in [0.05, 0.1) is 0 Å². The van der Waals surface area contributed by atoms with Gasteiger partial charge in [0.15, 0.2) is 0 Å². The molecule has 0 aliphatic heterocycles. The van der Waals surface area contributed by atoms with Gasteiger partial charge in [-0.3, -0.25) is 0 Å². The largest absolute Gasteiger partial charge is 0.445 e. The van der Waals surface area contributed by atoms with E-state index < -0.39 is 0 Å². The van der Waals surface area contributed by atoms with Crippen LogP contribution in [0.4, 0.5) is 4.79 Å². The van der Waals surface area contributed by atoms with E-state index in [4.69, 9.17) is 4.74 Å². The third kappa shape index (κ3) is 4.25. The van der Waals surface area contributed by atoms with E-state index in [1.165, 1.54) is 19.3 Å². The van der Waals surface area contributed by atoms with Crippen LogP contribution in [-0.2, 0) is 11.3 Å². The second-order valence-corrected chi connectivity index (χ2v) is 7.67. The minimum atomic E-state index is -0.307. The smallest absolute Gasteiger partial charge is 0.407 e. The van der Waals surface area contributed by atoms with Gasteiger partial charge >= 0.3 is 6.09 Å². The number of carbonyl (C=O) groups excluding carboxylic acids is 1. The van der Waals surface area contributed by atoms with E-state index in [1.54, 1.807) is 0 Å². The third-order valence-electron chi connectivity index (χ3n) is 5.37. The monoisotopic (exact) mass is 316 g/mol. The van der Waals surface area contributed by atoms with Gasteiger partial charge in [0, 0.05) is 18.1 Å². The maximum absolute atomic E-state index is 11.8.